The van der Waals surface area contributed by atoms with Gasteiger partial charge in [0, 0.05) is 12.8 Å². The van der Waals surface area contributed by atoms with Crippen LogP contribution >= 0.6 is 7.82 Å². The number of hydrogen-bond donors (Lipinski definition) is 1. The van der Waals surface area contributed by atoms with Crippen LogP contribution in [0.25, 0.3) is 0 Å². The number of phosphoric acid groups is 1. The molecule has 2 atom stereocenters. The number of carbonyl (C=O) groups excluding carboxylic acids is 2. The first-order chi connectivity index (χ1) is 38.5. The minimum absolute atomic E-state index is 0.0337. The van der Waals surface area contributed by atoms with Gasteiger partial charge in [-0.15, -0.1) is 0 Å². The predicted octanol–water partition coefficient (Wildman–Crippen LogP) is 21.7. The van der Waals surface area contributed by atoms with Gasteiger partial charge in [0.15, 0.2) is 6.10 Å². The number of quaternary nitrogens is 1. The molecule has 79 heavy (non-hydrogen) atoms. The number of unbranched alkanes of at least 4 members (excludes halogenated alkanes) is 41. The molecule has 0 aliphatic rings. The lowest BCUT2D eigenvalue weighted by Crippen LogP contribution is -2.37. The molecule has 464 valence electrons. The lowest BCUT2D eigenvalue weighted by atomic mass is 10.0. The third-order valence-corrected chi connectivity index (χ3v) is 16.1. The number of phosphoric ester groups is 1. The summed E-state index contributed by atoms with van der Waals surface area (Å²) in [5, 5.41) is 0. The third-order valence-electron chi connectivity index (χ3n) is 15.1. The van der Waals surface area contributed by atoms with E-state index in [0.29, 0.717) is 23.9 Å². The number of ether oxygens (including phenoxy) is 2. The van der Waals surface area contributed by atoms with E-state index in [1.807, 2.05) is 21.1 Å². The summed E-state index contributed by atoms with van der Waals surface area (Å²) in [6, 6.07) is 0. The Morgan fingerprint density at radius 2 is 0.722 bits per heavy atom. The number of likely N-dealkylation sites (N-methyl/N-ethyl adjacent to an activating group) is 1. The van der Waals surface area contributed by atoms with Crippen molar-refractivity contribution < 1.29 is 42.1 Å². The summed E-state index contributed by atoms with van der Waals surface area (Å²) in [5.41, 5.74) is 0. The van der Waals surface area contributed by atoms with Gasteiger partial charge < -0.3 is 18.9 Å². The number of rotatable bonds is 63. The molecule has 0 saturated carbocycles. The molecule has 0 rings (SSSR count). The lowest BCUT2D eigenvalue weighted by Gasteiger charge is -2.24. The first-order valence-electron chi connectivity index (χ1n) is 33.9. The fourth-order valence-corrected chi connectivity index (χ4v) is 10.7. The van der Waals surface area contributed by atoms with Gasteiger partial charge in [0.25, 0.3) is 0 Å². The fourth-order valence-electron chi connectivity index (χ4n) is 9.95. The van der Waals surface area contributed by atoms with Crippen LogP contribution in [0.2, 0.25) is 0 Å². The molecular formula is C69H131NO8P+. The zero-order valence-corrected chi connectivity index (χ0v) is 53.8. The van der Waals surface area contributed by atoms with Crippen molar-refractivity contribution in [3.05, 3.63) is 48.6 Å². The fraction of sp³-hybridized carbons (Fsp3) is 0.855. The highest BCUT2D eigenvalue weighted by Crippen LogP contribution is 2.43. The molecule has 0 heterocycles. The third kappa shape index (κ3) is 65.0. The Morgan fingerprint density at radius 1 is 0.405 bits per heavy atom. The molecule has 0 radical (unpaired) electrons. The number of carbonyl (C=O) groups is 2. The van der Waals surface area contributed by atoms with Crippen molar-refractivity contribution in [3.8, 4) is 0 Å². The highest BCUT2D eigenvalue weighted by Gasteiger charge is 2.27. The molecule has 2 unspecified atom stereocenters. The molecule has 0 aliphatic carbocycles. The average molecular weight is 1130 g/mol. The van der Waals surface area contributed by atoms with Gasteiger partial charge in [-0.25, -0.2) is 4.57 Å². The molecule has 1 N–H and O–H groups in total. The van der Waals surface area contributed by atoms with Gasteiger partial charge in [-0.1, -0.05) is 313 Å². The SMILES string of the molecule is CC/C=C\C/C=C\C/C=C\C/C=C\CCCCCCCCCCCCCCCCCCC(=O)OC(COC(=O)CCCCCCCCCCCCCCCCCCCCCCCCCCCC)COP(=O)(O)OCC[N+](C)(C)C. The molecule has 0 amide bonds. The highest BCUT2D eigenvalue weighted by atomic mass is 31.2. The summed E-state index contributed by atoms with van der Waals surface area (Å²) < 4.78 is 34.7. The van der Waals surface area contributed by atoms with Gasteiger partial charge in [-0.2, -0.15) is 0 Å². The number of esters is 2. The maximum absolute atomic E-state index is 12.9. The van der Waals surface area contributed by atoms with E-state index in [0.717, 1.165) is 57.8 Å². The molecule has 0 bridgehead atoms. The van der Waals surface area contributed by atoms with Crippen LogP contribution in [0.4, 0.5) is 0 Å². The second-order valence-electron chi connectivity index (χ2n) is 24.2. The van der Waals surface area contributed by atoms with E-state index in [9.17, 15) is 19.0 Å². The van der Waals surface area contributed by atoms with E-state index in [1.165, 1.54) is 238 Å². The second kappa shape index (κ2) is 60.6. The molecule has 0 aliphatic heterocycles. The topological polar surface area (TPSA) is 108 Å². The van der Waals surface area contributed by atoms with Crippen LogP contribution in [-0.2, 0) is 32.7 Å². The number of hydrogen-bond acceptors (Lipinski definition) is 7. The standard InChI is InChI=1S/C69H130NO8P/c1-6-8-10-12-14-16-18-20-22-24-26-28-30-32-34-35-36-38-40-42-44-46-48-50-52-54-56-58-60-62-69(72)78-67(66-77-79(73,74)76-64-63-70(3,4)5)65-75-68(71)61-59-57-55-53-51-49-47-45-43-41-39-37-33-31-29-27-25-23-21-19-17-15-13-11-9-7-2/h8,10,14,16,20,22,26,28,67H,6-7,9,11-13,15,17-19,21,23-25,27,29-66H2,1-5H3/p+1/b10-8-,16-14-,22-20-,28-26-. The van der Waals surface area contributed by atoms with Crippen molar-refractivity contribution in [2.24, 2.45) is 0 Å². The Bertz CT molecular complexity index is 1470. The van der Waals surface area contributed by atoms with Crippen molar-refractivity contribution in [3.63, 3.8) is 0 Å². The molecular weight excluding hydrogens is 1000 g/mol. The van der Waals surface area contributed by atoms with E-state index < -0.39 is 26.5 Å². The largest absolute Gasteiger partial charge is 0.472 e. The Labute approximate surface area is 490 Å². The summed E-state index contributed by atoms with van der Waals surface area (Å²) in [5.74, 6) is -0.779. The first kappa shape index (κ1) is 77.0. The number of nitrogens with zero attached hydrogens (tertiary/aromatic N) is 1. The minimum atomic E-state index is -4.39. The van der Waals surface area contributed by atoms with Gasteiger partial charge >= 0.3 is 19.8 Å². The molecule has 0 saturated heterocycles. The second-order valence-corrected chi connectivity index (χ2v) is 25.6. The van der Waals surface area contributed by atoms with Gasteiger partial charge in [0.1, 0.15) is 19.8 Å². The van der Waals surface area contributed by atoms with E-state index >= 15 is 0 Å². The van der Waals surface area contributed by atoms with E-state index in [2.05, 4.69) is 62.5 Å². The molecule has 0 aromatic heterocycles. The van der Waals surface area contributed by atoms with E-state index in [-0.39, 0.29) is 25.6 Å². The molecule has 0 aromatic rings. The minimum Gasteiger partial charge on any atom is -0.462 e. The van der Waals surface area contributed by atoms with E-state index in [1.54, 1.807) is 0 Å². The maximum atomic E-state index is 12.9. The molecule has 9 nitrogen and oxygen atoms in total. The Balaban J connectivity index is 4.03. The monoisotopic (exact) mass is 1130 g/mol. The van der Waals surface area contributed by atoms with Crippen molar-refractivity contribution in [2.75, 3.05) is 47.5 Å². The molecule has 0 aromatic carbocycles. The van der Waals surface area contributed by atoms with Crippen molar-refractivity contribution in [1.82, 2.24) is 0 Å². The predicted molar refractivity (Wildman–Crippen MR) is 340 cm³/mol. The van der Waals surface area contributed by atoms with Crippen LogP contribution in [0.3, 0.4) is 0 Å². The molecule has 0 spiro atoms. The Kier molecular flexibility index (Phi) is 59.0. The molecule has 10 heteroatoms. The summed E-state index contributed by atoms with van der Waals surface area (Å²) >= 11 is 0. The van der Waals surface area contributed by atoms with Crippen molar-refractivity contribution in [1.29, 1.82) is 0 Å². The maximum Gasteiger partial charge on any atom is 0.472 e. The summed E-state index contributed by atoms with van der Waals surface area (Å²) in [6.07, 6.45) is 77.8. The molecule has 0 fully saturated rings. The zero-order valence-electron chi connectivity index (χ0n) is 52.9. The van der Waals surface area contributed by atoms with Crippen LogP contribution in [0.15, 0.2) is 48.6 Å². The average Bonchev–Trinajstić information content (AvgIpc) is 3.41. The quantitative estimate of drug-likeness (QED) is 0.0211. The van der Waals surface area contributed by atoms with Gasteiger partial charge in [0.2, 0.25) is 0 Å². The highest BCUT2D eigenvalue weighted by molar-refractivity contribution is 7.47. The van der Waals surface area contributed by atoms with E-state index in [4.69, 9.17) is 18.5 Å². The summed E-state index contributed by atoms with van der Waals surface area (Å²) in [7, 11) is 1.49. The Morgan fingerprint density at radius 3 is 1.08 bits per heavy atom. The summed E-state index contributed by atoms with van der Waals surface area (Å²) in [4.78, 5) is 35.8. The van der Waals surface area contributed by atoms with Gasteiger partial charge in [-0.05, 0) is 51.4 Å². The van der Waals surface area contributed by atoms with Crippen LogP contribution < -0.4 is 0 Å². The Hall–Kier alpha value is -2.03. The van der Waals surface area contributed by atoms with Crippen LogP contribution in [0.1, 0.15) is 328 Å². The normalized spacial score (nSPS) is 13.4. The van der Waals surface area contributed by atoms with Crippen LogP contribution in [0.5, 0.6) is 0 Å². The smallest absolute Gasteiger partial charge is 0.462 e. The van der Waals surface area contributed by atoms with Crippen LogP contribution in [0, 0.1) is 0 Å². The van der Waals surface area contributed by atoms with Crippen molar-refractivity contribution in [2.45, 2.75) is 335 Å². The van der Waals surface area contributed by atoms with Crippen molar-refractivity contribution >= 4 is 19.8 Å². The van der Waals surface area contributed by atoms with Gasteiger partial charge in [0.05, 0.1) is 27.7 Å². The number of allylic oxidation sites excluding steroid dienone is 8. The zero-order chi connectivity index (χ0) is 57.7. The van der Waals surface area contributed by atoms with Crippen LogP contribution in [-0.4, -0.2) is 74.9 Å². The lowest BCUT2D eigenvalue weighted by molar-refractivity contribution is -0.870. The van der Waals surface area contributed by atoms with Gasteiger partial charge in [-0.3, -0.25) is 18.6 Å². The first-order valence-corrected chi connectivity index (χ1v) is 35.4. The summed E-state index contributed by atoms with van der Waals surface area (Å²) in [6.45, 7) is 4.39.